The molecule has 0 aromatic heterocycles. The lowest BCUT2D eigenvalue weighted by molar-refractivity contribution is 0.0697. The van der Waals surface area contributed by atoms with Gasteiger partial charge in [-0.25, -0.2) is 4.79 Å². The van der Waals surface area contributed by atoms with Crippen LogP contribution in [0.5, 0.6) is 5.75 Å². The molecule has 0 saturated heterocycles. The Morgan fingerprint density at radius 1 is 1.06 bits per heavy atom. The molecule has 0 saturated carbocycles. The molecule has 1 heterocycles. The molecule has 0 amide bonds. The van der Waals surface area contributed by atoms with Gasteiger partial charge in [0.05, 0.1) is 5.56 Å². The first kappa shape index (κ1) is 22.3. The Labute approximate surface area is 195 Å². The Kier molecular flexibility index (Phi) is 6.28. The molecule has 7 nitrogen and oxygen atoms in total. The summed E-state index contributed by atoms with van der Waals surface area (Å²) in [5.41, 5.74) is 2.34. The van der Waals surface area contributed by atoms with Crippen LogP contribution in [0.3, 0.4) is 0 Å². The number of nitrogens with one attached hydrogen (secondary N) is 2. The van der Waals surface area contributed by atoms with E-state index in [1.54, 1.807) is 24.3 Å². The molecule has 2 aliphatic rings. The standard InChI is InChI=1S/C25H22N2O5S/c1-2-3-10-26-25(33)27-14-4-7-17(20(11-14)24(30)31)23-18-8-5-15(28)12-21(18)32-22-13-16(29)6-9-19(22)23/h4-9,11-13,28H,2-3,10H2,1H3,(H,30,31)(H2,26,27,33). The van der Waals surface area contributed by atoms with Crippen LogP contribution in [0.15, 0.2) is 63.8 Å². The number of rotatable bonds is 6. The summed E-state index contributed by atoms with van der Waals surface area (Å²) in [6, 6.07) is 14.0. The number of fused-ring (bicyclic) bond motifs is 2. The third-order valence-corrected chi connectivity index (χ3v) is 5.52. The molecule has 1 aliphatic carbocycles. The molecule has 168 valence electrons. The van der Waals surface area contributed by atoms with E-state index >= 15 is 0 Å². The summed E-state index contributed by atoms with van der Waals surface area (Å²) in [7, 11) is 0. The van der Waals surface area contributed by atoms with Crippen LogP contribution >= 0.6 is 12.2 Å². The van der Waals surface area contributed by atoms with Crippen molar-refractivity contribution >= 4 is 40.0 Å². The second-order valence-corrected chi connectivity index (χ2v) is 8.02. The molecule has 4 rings (SSSR count). The second-order valence-electron chi connectivity index (χ2n) is 7.62. The number of hydrogen-bond acceptors (Lipinski definition) is 5. The number of hydrogen-bond donors (Lipinski definition) is 4. The van der Waals surface area contributed by atoms with Crippen molar-refractivity contribution in [3.63, 3.8) is 0 Å². The number of unbranched alkanes of at least 4 members (excludes halogenated alkanes) is 1. The minimum atomic E-state index is -1.11. The first-order valence-corrected chi connectivity index (χ1v) is 10.9. The van der Waals surface area contributed by atoms with E-state index in [0.717, 1.165) is 19.4 Å². The smallest absolute Gasteiger partial charge is 0.336 e. The van der Waals surface area contributed by atoms with Gasteiger partial charge in [-0.1, -0.05) is 19.4 Å². The maximum absolute atomic E-state index is 12.2. The third kappa shape index (κ3) is 4.65. The third-order valence-electron chi connectivity index (χ3n) is 5.27. The van der Waals surface area contributed by atoms with Gasteiger partial charge < -0.3 is 25.3 Å². The first-order chi connectivity index (χ1) is 15.9. The SMILES string of the molecule is CCCCNC(=S)Nc1ccc(-c2c3ccc(=O)cc-3oc3cc(O)ccc23)c(C(=O)O)c1. The maximum Gasteiger partial charge on any atom is 0.336 e. The molecule has 0 spiro atoms. The predicted molar refractivity (Wildman–Crippen MR) is 132 cm³/mol. The van der Waals surface area contributed by atoms with Crippen LogP contribution in [-0.2, 0) is 0 Å². The van der Waals surface area contributed by atoms with Crippen LogP contribution in [0.25, 0.3) is 33.4 Å². The van der Waals surface area contributed by atoms with E-state index in [1.807, 2.05) is 0 Å². The van der Waals surface area contributed by atoms with Crippen LogP contribution in [-0.4, -0.2) is 27.8 Å². The van der Waals surface area contributed by atoms with Crippen molar-refractivity contribution in [1.82, 2.24) is 5.32 Å². The molecular weight excluding hydrogens is 440 g/mol. The topological polar surface area (TPSA) is 112 Å². The molecule has 33 heavy (non-hydrogen) atoms. The quantitative estimate of drug-likeness (QED) is 0.179. The van der Waals surface area contributed by atoms with Gasteiger partial charge in [0.25, 0.3) is 0 Å². The molecule has 2 aromatic rings. The number of anilines is 1. The van der Waals surface area contributed by atoms with E-state index in [9.17, 15) is 19.8 Å². The Morgan fingerprint density at radius 3 is 2.61 bits per heavy atom. The van der Waals surface area contributed by atoms with E-state index in [1.165, 1.54) is 30.3 Å². The normalized spacial score (nSPS) is 10.9. The van der Waals surface area contributed by atoms with Crippen LogP contribution in [0.1, 0.15) is 30.1 Å². The van der Waals surface area contributed by atoms with Gasteiger partial charge in [0.1, 0.15) is 17.1 Å². The van der Waals surface area contributed by atoms with Gasteiger partial charge in [-0.05, 0) is 60.6 Å². The summed E-state index contributed by atoms with van der Waals surface area (Å²) in [6.07, 6.45) is 2.01. The van der Waals surface area contributed by atoms with E-state index in [0.29, 0.717) is 44.2 Å². The van der Waals surface area contributed by atoms with Gasteiger partial charge in [0.2, 0.25) is 0 Å². The Hall–Kier alpha value is -3.91. The average molecular weight is 463 g/mol. The fourth-order valence-corrected chi connectivity index (χ4v) is 3.94. The molecule has 2 aromatic carbocycles. The summed E-state index contributed by atoms with van der Waals surface area (Å²) in [5, 5.41) is 27.1. The van der Waals surface area contributed by atoms with Crippen molar-refractivity contribution in [3.05, 3.63) is 70.4 Å². The summed E-state index contributed by atoms with van der Waals surface area (Å²) in [5.74, 6) is -0.813. The van der Waals surface area contributed by atoms with E-state index in [4.69, 9.17) is 16.6 Å². The Bertz CT molecular complexity index is 1400. The van der Waals surface area contributed by atoms with Gasteiger partial charge in [-0.2, -0.15) is 0 Å². The fraction of sp³-hybridized carbons (Fsp3) is 0.160. The lowest BCUT2D eigenvalue weighted by Crippen LogP contribution is -2.29. The van der Waals surface area contributed by atoms with Crippen molar-refractivity contribution in [1.29, 1.82) is 0 Å². The van der Waals surface area contributed by atoms with Gasteiger partial charge in [0.15, 0.2) is 10.5 Å². The molecule has 1 aliphatic heterocycles. The first-order valence-electron chi connectivity index (χ1n) is 10.5. The highest BCUT2D eigenvalue weighted by molar-refractivity contribution is 7.80. The van der Waals surface area contributed by atoms with Gasteiger partial charge >= 0.3 is 5.97 Å². The van der Waals surface area contributed by atoms with Crippen LogP contribution in [0.4, 0.5) is 5.69 Å². The van der Waals surface area contributed by atoms with Crippen molar-refractivity contribution in [2.75, 3.05) is 11.9 Å². The lowest BCUT2D eigenvalue weighted by Gasteiger charge is -2.18. The molecular formula is C25H22N2O5S. The number of aromatic hydroxyl groups is 1. The molecule has 0 atom stereocenters. The number of phenols is 1. The highest BCUT2D eigenvalue weighted by atomic mass is 32.1. The van der Waals surface area contributed by atoms with Crippen molar-refractivity contribution < 1.29 is 19.4 Å². The van der Waals surface area contributed by atoms with Gasteiger partial charge in [0, 0.05) is 40.9 Å². The van der Waals surface area contributed by atoms with Crippen molar-refractivity contribution in [2.24, 2.45) is 0 Å². The largest absolute Gasteiger partial charge is 0.508 e. The predicted octanol–water partition coefficient (Wildman–Crippen LogP) is 5.06. The van der Waals surface area contributed by atoms with E-state index in [2.05, 4.69) is 17.6 Å². The number of carboxylic acid groups (broad SMARTS) is 1. The average Bonchev–Trinajstić information content (AvgIpc) is 2.77. The van der Waals surface area contributed by atoms with E-state index < -0.39 is 5.97 Å². The number of phenolic OH excluding ortho intramolecular Hbond substituents is 1. The van der Waals surface area contributed by atoms with Crippen LogP contribution < -0.4 is 16.1 Å². The molecule has 4 N–H and O–H groups in total. The summed E-state index contributed by atoms with van der Waals surface area (Å²) in [6.45, 7) is 2.81. The summed E-state index contributed by atoms with van der Waals surface area (Å²) in [4.78, 5) is 24.2. The Morgan fingerprint density at radius 2 is 1.85 bits per heavy atom. The fourth-order valence-electron chi connectivity index (χ4n) is 3.72. The summed E-state index contributed by atoms with van der Waals surface area (Å²) >= 11 is 5.30. The van der Waals surface area contributed by atoms with Gasteiger partial charge in [-0.15, -0.1) is 0 Å². The molecule has 0 unspecified atom stereocenters. The van der Waals surface area contributed by atoms with Crippen LogP contribution in [0.2, 0.25) is 0 Å². The number of carbonyl (C=O) groups is 1. The highest BCUT2D eigenvalue weighted by Crippen LogP contribution is 2.42. The molecule has 8 heteroatoms. The van der Waals surface area contributed by atoms with Crippen molar-refractivity contribution in [3.8, 4) is 28.2 Å². The number of aromatic carboxylic acids is 1. The van der Waals surface area contributed by atoms with Crippen molar-refractivity contribution in [2.45, 2.75) is 19.8 Å². The van der Waals surface area contributed by atoms with Crippen LogP contribution in [0, 0.1) is 0 Å². The van der Waals surface area contributed by atoms with E-state index in [-0.39, 0.29) is 16.7 Å². The molecule has 0 radical (unpaired) electrons. The lowest BCUT2D eigenvalue weighted by atomic mass is 9.90. The number of carboxylic acids is 1. The zero-order chi connectivity index (χ0) is 23.5. The zero-order valence-corrected chi connectivity index (χ0v) is 18.7. The minimum absolute atomic E-state index is 0.00285. The monoisotopic (exact) mass is 462 g/mol. The molecule has 0 fully saturated rings. The summed E-state index contributed by atoms with van der Waals surface area (Å²) < 4.78 is 5.85. The maximum atomic E-state index is 12.2. The second kappa shape index (κ2) is 9.30. The minimum Gasteiger partial charge on any atom is -0.508 e. The molecule has 0 bridgehead atoms. The van der Waals surface area contributed by atoms with Gasteiger partial charge in [-0.3, -0.25) is 4.79 Å². The number of thiocarbonyl (C=S) groups is 1. The Balaban J connectivity index is 1.87. The number of benzene rings is 3. The highest BCUT2D eigenvalue weighted by Gasteiger charge is 2.22. The zero-order valence-electron chi connectivity index (χ0n) is 17.8.